The van der Waals surface area contributed by atoms with Gasteiger partial charge < -0.3 is 10.1 Å². The number of nitrogens with one attached hydrogen (secondary N) is 1. The molecule has 0 unspecified atom stereocenters. The number of hydrogen-bond donors (Lipinski definition) is 1. The van der Waals surface area contributed by atoms with Crippen molar-refractivity contribution in [1.29, 1.82) is 0 Å². The van der Waals surface area contributed by atoms with Crippen molar-refractivity contribution in [3.63, 3.8) is 0 Å². The normalized spacial score (nSPS) is 11.4. The van der Waals surface area contributed by atoms with E-state index in [2.05, 4.69) is 16.6 Å². The molecule has 1 rings (SSSR count). The second kappa shape index (κ2) is 6.54. The number of carbonyl (C=O) groups excluding carboxylic acids is 2. The highest BCUT2D eigenvalue weighted by Crippen LogP contribution is 2.05. The van der Waals surface area contributed by atoms with Crippen LogP contribution in [0.25, 0.3) is 0 Å². The summed E-state index contributed by atoms with van der Waals surface area (Å²) in [6, 6.07) is 4.39. The minimum atomic E-state index is -0.816. The van der Waals surface area contributed by atoms with Crippen LogP contribution in [-0.2, 0) is 9.53 Å². The maximum Gasteiger partial charge on any atom is 0.328 e. The van der Waals surface area contributed by atoms with Gasteiger partial charge in [-0.05, 0) is 24.6 Å². The van der Waals surface area contributed by atoms with Gasteiger partial charge in [0.25, 0.3) is 5.91 Å². The van der Waals surface area contributed by atoms with Gasteiger partial charge in [-0.15, -0.1) is 6.58 Å². The molecule has 18 heavy (non-hydrogen) atoms. The first-order valence-electron chi connectivity index (χ1n) is 5.33. The van der Waals surface area contributed by atoms with Gasteiger partial charge in [-0.3, -0.25) is 4.79 Å². The minimum absolute atomic E-state index is 0.146. The zero-order valence-electron chi connectivity index (χ0n) is 9.98. The lowest BCUT2D eigenvalue weighted by atomic mass is 10.1. The topological polar surface area (TPSA) is 55.4 Å². The third-order valence-electron chi connectivity index (χ3n) is 2.28. The number of esters is 1. The highest BCUT2D eigenvalue weighted by Gasteiger charge is 2.20. The molecule has 5 heteroatoms. The van der Waals surface area contributed by atoms with Gasteiger partial charge in [-0.2, -0.15) is 0 Å². The highest BCUT2D eigenvalue weighted by molar-refractivity contribution is 5.96. The maximum atomic E-state index is 12.9. The lowest BCUT2D eigenvalue weighted by molar-refractivity contribution is -0.142. The van der Waals surface area contributed by atoms with Crippen molar-refractivity contribution in [1.82, 2.24) is 5.32 Å². The van der Waals surface area contributed by atoms with Crippen LogP contribution in [0.5, 0.6) is 0 Å². The summed E-state index contributed by atoms with van der Waals surface area (Å²) in [7, 11) is 1.23. The van der Waals surface area contributed by atoms with Gasteiger partial charge in [-0.1, -0.05) is 12.1 Å². The Balaban J connectivity index is 2.78. The summed E-state index contributed by atoms with van der Waals surface area (Å²) < 4.78 is 17.5. The number of ether oxygens (including phenoxy) is 1. The Kier molecular flexibility index (Phi) is 5.05. The molecule has 1 atom stereocenters. The third-order valence-corrected chi connectivity index (χ3v) is 2.28. The molecular weight excluding hydrogens is 237 g/mol. The second-order valence-corrected chi connectivity index (χ2v) is 3.58. The van der Waals surface area contributed by atoms with Crippen LogP contribution in [0.1, 0.15) is 16.8 Å². The van der Waals surface area contributed by atoms with Crippen LogP contribution in [-0.4, -0.2) is 25.0 Å². The number of hydrogen-bond acceptors (Lipinski definition) is 3. The van der Waals surface area contributed by atoms with Gasteiger partial charge in [0.15, 0.2) is 0 Å². The van der Waals surface area contributed by atoms with Crippen molar-refractivity contribution in [2.75, 3.05) is 7.11 Å². The van der Waals surface area contributed by atoms with Gasteiger partial charge in [0.2, 0.25) is 0 Å². The first-order chi connectivity index (χ1) is 8.58. The predicted molar refractivity (Wildman–Crippen MR) is 64.5 cm³/mol. The van der Waals surface area contributed by atoms with E-state index < -0.39 is 23.7 Å². The van der Waals surface area contributed by atoms with Crippen LogP contribution in [0.3, 0.4) is 0 Å². The molecule has 0 aliphatic rings. The van der Waals surface area contributed by atoms with Gasteiger partial charge >= 0.3 is 5.97 Å². The van der Waals surface area contributed by atoms with Crippen LogP contribution in [0.4, 0.5) is 4.39 Å². The summed E-state index contributed by atoms with van der Waals surface area (Å²) in [6.45, 7) is 3.49. The van der Waals surface area contributed by atoms with Crippen LogP contribution < -0.4 is 5.32 Å². The smallest absolute Gasteiger partial charge is 0.328 e. The van der Waals surface area contributed by atoms with E-state index in [9.17, 15) is 14.0 Å². The quantitative estimate of drug-likeness (QED) is 0.639. The monoisotopic (exact) mass is 251 g/mol. The Bertz CT molecular complexity index is 459. The van der Waals surface area contributed by atoms with E-state index in [0.29, 0.717) is 0 Å². The van der Waals surface area contributed by atoms with Crippen molar-refractivity contribution < 1.29 is 18.7 Å². The third kappa shape index (κ3) is 3.69. The SMILES string of the molecule is C=CC[C@@H](NC(=O)c1cccc(F)c1)C(=O)OC. The van der Waals surface area contributed by atoms with E-state index in [-0.39, 0.29) is 12.0 Å². The predicted octanol–water partition coefficient (Wildman–Crippen LogP) is 1.67. The molecule has 1 N–H and O–H groups in total. The Labute approximate surface area is 104 Å². The fourth-order valence-corrected chi connectivity index (χ4v) is 1.39. The lowest BCUT2D eigenvalue weighted by Crippen LogP contribution is -2.41. The van der Waals surface area contributed by atoms with E-state index in [1.54, 1.807) is 0 Å². The highest BCUT2D eigenvalue weighted by atomic mass is 19.1. The van der Waals surface area contributed by atoms with E-state index >= 15 is 0 Å². The Morgan fingerprint density at radius 2 is 2.28 bits per heavy atom. The molecule has 0 spiro atoms. The Morgan fingerprint density at radius 3 is 2.83 bits per heavy atom. The first kappa shape index (κ1) is 13.9. The summed E-state index contributed by atoms with van der Waals surface area (Å²) in [4.78, 5) is 23.2. The standard InChI is InChI=1S/C13H14FNO3/c1-3-5-11(13(17)18-2)15-12(16)9-6-4-7-10(14)8-9/h3-4,6-8,11H,1,5H2,2H3,(H,15,16)/t11-/m1/s1. The average Bonchev–Trinajstić information content (AvgIpc) is 2.37. The van der Waals surface area contributed by atoms with Crippen LogP contribution in [0, 0.1) is 5.82 Å². The van der Waals surface area contributed by atoms with Crippen molar-refractivity contribution >= 4 is 11.9 Å². The van der Waals surface area contributed by atoms with Crippen molar-refractivity contribution in [3.8, 4) is 0 Å². The summed E-state index contributed by atoms with van der Waals surface area (Å²) in [5.41, 5.74) is 0.146. The second-order valence-electron chi connectivity index (χ2n) is 3.58. The zero-order valence-corrected chi connectivity index (χ0v) is 9.98. The molecule has 0 aliphatic carbocycles. The average molecular weight is 251 g/mol. The molecule has 0 radical (unpaired) electrons. The van der Waals surface area contributed by atoms with Crippen molar-refractivity contribution in [3.05, 3.63) is 48.3 Å². The van der Waals surface area contributed by atoms with Crippen LogP contribution >= 0.6 is 0 Å². The summed E-state index contributed by atoms with van der Waals surface area (Å²) in [5, 5.41) is 2.46. The van der Waals surface area contributed by atoms with E-state index in [1.165, 1.54) is 31.4 Å². The molecule has 1 aromatic rings. The molecule has 0 aliphatic heterocycles. The largest absolute Gasteiger partial charge is 0.467 e. The van der Waals surface area contributed by atoms with E-state index in [1.807, 2.05) is 0 Å². The molecule has 0 saturated carbocycles. The fraction of sp³-hybridized carbons (Fsp3) is 0.231. The first-order valence-corrected chi connectivity index (χ1v) is 5.33. The van der Waals surface area contributed by atoms with Gasteiger partial charge in [0, 0.05) is 5.56 Å². The Morgan fingerprint density at radius 1 is 1.56 bits per heavy atom. The molecule has 0 bridgehead atoms. The maximum absolute atomic E-state index is 12.9. The molecule has 96 valence electrons. The zero-order chi connectivity index (χ0) is 13.5. The minimum Gasteiger partial charge on any atom is -0.467 e. The molecule has 1 aromatic carbocycles. The summed E-state index contributed by atoms with van der Waals surface area (Å²) >= 11 is 0. The van der Waals surface area contributed by atoms with Gasteiger partial charge in [-0.25, -0.2) is 9.18 Å². The molecular formula is C13H14FNO3. The number of carbonyl (C=O) groups is 2. The van der Waals surface area contributed by atoms with Crippen LogP contribution in [0.15, 0.2) is 36.9 Å². The van der Waals surface area contributed by atoms with Crippen LogP contribution in [0.2, 0.25) is 0 Å². The number of amides is 1. The van der Waals surface area contributed by atoms with Gasteiger partial charge in [0.05, 0.1) is 7.11 Å². The lowest BCUT2D eigenvalue weighted by Gasteiger charge is -2.14. The number of halogens is 1. The summed E-state index contributed by atoms with van der Waals surface area (Å²) in [5.74, 6) is -1.62. The van der Waals surface area contributed by atoms with Gasteiger partial charge in [0.1, 0.15) is 11.9 Å². The number of benzene rings is 1. The Hall–Kier alpha value is -2.17. The molecule has 4 nitrogen and oxygen atoms in total. The molecule has 1 amide bonds. The van der Waals surface area contributed by atoms with E-state index in [0.717, 1.165) is 6.07 Å². The molecule has 0 heterocycles. The summed E-state index contributed by atoms with van der Waals surface area (Å²) in [6.07, 6.45) is 1.74. The number of methoxy groups -OCH3 is 1. The fourth-order valence-electron chi connectivity index (χ4n) is 1.39. The number of rotatable bonds is 5. The molecule has 0 aromatic heterocycles. The van der Waals surface area contributed by atoms with E-state index in [4.69, 9.17) is 0 Å². The molecule has 0 fully saturated rings. The van der Waals surface area contributed by atoms with Crippen molar-refractivity contribution in [2.24, 2.45) is 0 Å². The molecule has 0 saturated heterocycles. The van der Waals surface area contributed by atoms with Crippen molar-refractivity contribution in [2.45, 2.75) is 12.5 Å².